The van der Waals surface area contributed by atoms with E-state index in [0.29, 0.717) is 15.8 Å². The molecule has 1 saturated heterocycles. The van der Waals surface area contributed by atoms with Gasteiger partial charge in [0.05, 0.1) is 17.1 Å². The van der Waals surface area contributed by atoms with Crippen molar-refractivity contribution in [3.63, 3.8) is 0 Å². The van der Waals surface area contributed by atoms with E-state index in [2.05, 4.69) is 0 Å². The smallest absolute Gasteiger partial charge is 0.264 e. The molecule has 2 aromatic rings. The molecule has 1 aromatic carbocycles. The second-order valence-corrected chi connectivity index (χ2v) is 6.07. The first-order chi connectivity index (χ1) is 9.49. The van der Waals surface area contributed by atoms with E-state index in [1.165, 1.54) is 22.3 Å². The van der Waals surface area contributed by atoms with E-state index < -0.39 is 12.2 Å². The zero-order chi connectivity index (χ0) is 14.4. The fourth-order valence-corrected chi connectivity index (χ4v) is 3.73. The number of amides is 1. The Kier molecular flexibility index (Phi) is 3.24. The molecule has 0 radical (unpaired) electrons. The van der Waals surface area contributed by atoms with Crippen LogP contribution in [0, 0.1) is 12.7 Å². The molecule has 1 aromatic heterocycles. The molecule has 0 bridgehead atoms. The van der Waals surface area contributed by atoms with Gasteiger partial charge in [0.1, 0.15) is 5.82 Å². The van der Waals surface area contributed by atoms with Crippen molar-refractivity contribution in [2.45, 2.75) is 19.1 Å². The number of aryl methyl sites for hydroxylation is 1. The topological polar surface area (TPSA) is 60.8 Å². The molecule has 3 rings (SSSR count). The number of thiophene rings is 1. The molecule has 0 spiro atoms. The summed E-state index contributed by atoms with van der Waals surface area (Å²) in [7, 11) is 0. The molecular formula is C14H14FNO3S. The van der Waals surface area contributed by atoms with Crippen LogP contribution in [0.4, 0.5) is 4.39 Å². The zero-order valence-corrected chi connectivity index (χ0v) is 11.7. The standard InChI is InChI=1S/C14H14FNO3S/c1-7-12-8(15)3-2-4-11(12)20-13(7)14(19)16-5-9(17)10(18)6-16/h2-4,9-10,17-18H,5-6H2,1H3. The molecule has 1 aliphatic heterocycles. The summed E-state index contributed by atoms with van der Waals surface area (Å²) in [4.78, 5) is 14.3. The summed E-state index contributed by atoms with van der Waals surface area (Å²) in [6.07, 6.45) is -1.82. The van der Waals surface area contributed by atoms with Gasteiger partial charge in [-0.2, -0.15) is 0 Å². The van der Waals surface area contributed by atoms with E-state index in [4.69, 9.17) is 0 Å². The minimum Gasteiger partial charge on any atom is -0.388 e. The van der Waals surface area contributed by atoms with Crippen molar-refractivity contribution in [3.8, 4) is 0 Å². The van der Waals surface area contributed by atoms with Crippen molar-refractivity contribution in [1.29, 1.82) is 0 Å². The average molecular weight is 295 g/mol. The summed E-state index contributed by atoms with van der Waals surface area (Å²) >= 11 is 1.24. The van der Waals surface area contributed by atoms with Gasteiger partial charge in [0, 0.05) is 23.2 Å². The van der Waals surface area contributed by atoms with Crippen LogP contribution in [0.1, 0.15) is 15.2 Å². The fourth-order valence-electron chi connectivity index (χ4n) is 2.54. The molecule has 6 heteroatoms. The van der Waals surface area contributed by atoms with Crippen molar-refractivity contribution >= 4 is 27.3 Å². The highest BCUT2D eigenvalue weighted by atomic mass is 32.1. The van der Waals surface area contributed by atoms with Crippen LogP contribution in [0.2, 0.25) is 0 Å². The van der Waals surface area contributed by atoms with Gasteiger partial charge in [0.15, 0.2) is 0 Å². The predicted molar refractivity (Wildman–Crippen MR) is 74.4 cm³/mol. The molecule has 2 unspecified atom stereocenters. The number of β-amino-alcohol motifs (C(OH)–C–C–N with tert-alkyl or cyclic N) is 2. The molecule has 106 valence electrons. The van der Waals surface area contributed by atoms with Crippen LogP contribution in [-0.2, 0) is 0 Å². The minimum absolute atomic E-state index is 0.107. The Balaban J connectivity index is 2.01. The number of aliphatic hydroxyl groups is 2. The maximum absolute atomic E-state index is 13.8. The number of carbonyl (C=O) groups excluding carboxylic acids is 1. The second-order valence-electron chi connectivity index (χ2n) is 5.01. The van der Waals surface area contributed by atoms with Crippen molar-refractivity contribution in [2.24, 2.45) is 0 Å². The first-order valence-corrected chi connectivity index (χ1v) is 7.13. The molecule has 0 saturated carbocycles. The molecule has 1 fully saturated rings. The first kappa shape index (κ1) is 13.5. The SMILES string of the molecule is Cc1c(C(=O)N2CC(O)C(O)C2)sc2cccc(F)c12. The zero-order valence-electron chi connectivity index (χ0n) is 10.8. The lowest BCUT2D eigenvalue weighted by Crippen LogP contribution is -2.29. The van der Waals surface area contributed by atoms with Crippen molar-refractivity contribution in [1.82, 2.24) is 4.90 Å². The van der Waals surface area contributed by atoms with Gasteiger partial charge in [0.2, 0.25) is 0 Å². The molecule has 4 nitrogen and oxygen atoms in total. The number of hydrogen-bond donors (Lipinski definition) is 2. The maximum Gasteiger partial charge on any atom is 0.264 e. The number of carbonyl (C=O) groups is 1. The van der Waals surface area contributed by atoms with Crippen molar-refractivity contribution < 1.29 is 19.4 Å². The summed E-state index contributed by atoms with van der Waals surface area (Å²) in [6, 6.07) is 4.77. The van der Waals surface area contributed by atoms with Crippen molar-refractivity contribution in [2.75, 3.05) is 13.1 Å². The number of hydrogen-bond acceptors (Lipinski definition) is 4. The van der Waals surface area contributed by atoms with Crippen LogP contribution >= 0.6 is 11.3 Å². The lowest BCUT2D eigenvalue weighted by atomic mass is 10.1. The van der Waals surface area contributed by atoms with Gasteiger partial charge in [0.25, 0.3) is 5.91 Å². The van der Waals surface area contributed by atoms with E-state index in [1.807, 2.05) is 0 Å². The average Bonchev–Trinajstić information content (AvgIpc) is 2.91. The van der Waals surface area contributed by atoms with Gasteiger partial charge >= 0.3 is 0 Å². The van der Waals surface area contributed by atoms with Gasteiger partial charge in [-0.05, 0) is 24.6 Å². The largest absolute Gasteiger partial charge is 0.388 e. The molecule has 0 aliphatic carbocycles. The Morgan fingerprint density at radius 3 is 2.60 bits per heavy atom. The number of rotatable bonds is 1. The Labute approximate surface area is 119 Å². The highest BCUT2D eigenvalue weighted by molar-refractivity contribution is 7.21. The lowest BCUT2D eigenvalue weighted by Gasteiger charge is -2.14. The summed E-state index contributed by atoms with van der Waals surface area (Å²) in [6.45, 7) is 1.93. The fraction of sp³-hybridized carbons (Fsp3) is 0.357. The van der Waals surface area contributed by atoms with E-state index in [1.54, 1.807) is 19.1 Å². The van der Waals surface area contributed by atoms with Crippen molar-refractivity contribution in [3.05, 3.63) is 34.5 Å². The summed E-state index contributed by atoms with van der Waals surface area (Å²) in [5, 5.41) is 19.5. The van der Waals surface area contributed by atoms with Crippen LogP contribution in [-0.4, -0.2) is 46.3 Å². The van der Waals surface area contributed by atoms with E-state index in [9.17, 15) is 19.4 Å². The third-order valence-corrected chi connectivity index (χ3v) is 4.89. The highest BCUT2D eigenvalue weighted by Crippen LogP contribution is 2.33. The first-order valence-electron chi connectivity index (χ1n) is 6.32. The van der Waals surface area contributed by atoms with Gasteiger partial charge in [-0.3, -0.25) is 4.79 Å². The number of aliphatic hydroxyl groups excluding tert-OH is 2. The van der Waals surface area contributed by atoms with Crippen LogP contribution in [0.15, 0.2) is 18.2 Å². The number of likely N-dealkylation sites (tertiary alicyclic amines) is 1. The number of halogens is 1. The summed E-state index contributed by atoms with van der Waals surface area (Å²) in [5.41, 5.74) is 0.615. The molecule has 20 heavy (non-hydrogen) atoms. The Morgan fingerprint density at radius 2 is 2.00 bits per heavy atom. The van der Waals surface area contributed by atoms with Crippen LogP contribution in [0.3, 0.4) is 0 Å². The predicted octanol–water partition coefficient (Wildman–Crippen LogP) is 1.53. The van der Waals surface area contributed by atoms with Crippen LogP contribution in [0.25, 0.3) is 10.1 Å². The van der Waals surface area contributed by atoms with Crippen LogP contribution in [0.5, 0.6) is 0 Å². The van der Waals surface area contributed by atoms with Gasteiger partial charge in [-0.25, -0.2) is 4.39 Å². The normalized spacial score (nSPS) is 22.7. The Morgan fingerprint density at radius 1 is 1.35 bits per heavy atom. The molecule has 2 heterocycles. The third kappa shape index (κ3) is 2.00. The number of nitrogens with zero attached hydrogens (tertiary/aromatic N) is 1. The van der Waals surface area contributed by atoms with E-state index >= 15 is 0 Å². The Bertz CT molecular complexity index is 674. The molecule has 2 N–H and O–H groups in total. The van der Waals surface area contributed by atoms with E-state index in [0.717, 1.165) is 4.70 Å². The van der Waals surface area contributed by atoms with Gasteiger partial charge in [-0.1, -0.05) is 6.07 Å². The summed E-state index contributed by atoms with van der Waals surface area (Å²) in [5.74, 6) is -0.601. The monoisotopic (exact) mass is 295 g/mol. The van der Waals surface area contributed by atoms with Gasteiger partial charge in [-0.15, -0.1) is 11.3 Å². The maximum atomic E-state index is 13.8. The molecule has 2 atom stereocenters. The quantitative estimate of drug-likeness (QED) is 0.838. The summed E-state index contributed by atoms with van der Waals surface area (Å²) < 4.78 is 14.6. The number of fused-ring (bicyclic) bond motifs is 1. The van der Waals surface area contributed by atoms with Crippen LogP contribution < -0.4 is 0 Å². The molecule has 1 amide bonds. The highest BCUT2D eigenvalue weighted by Gasteiger charge is 2.34. The lowest BCUT2D eigenvalue weighted by molar-refractivity contribution is 0.0572. The molecular weight excluding hydrogens is 281 g/mol. The Hall–Kier alpha value is -1.50. The molecule has 1 aliphatic rings. The number of benzene rings is 1. The third-order valence-electron chi connectivity index (χ3n) is 3.64. The van der Waals surface area contributed by atoms with Gasteiger partial charge < -0.3 is 15.1 Å². The van der Waals surface area contributed by atoms with E-state index in [-0.39, 0.29) is 24.8 Å². The minimum atomic E-state index is -0.912. The second kappa shape index (κ2) is 4.80.